The van der Waals surface area contributed by atoms with E-state index >= 15 is 0 Å². The molecule has 0 bridgehead atoms. The van der Waals surface area contributed by atoms with Gasteiger partial charge in [0, 0.05) is 12.0 Å². The summed E-state index contributed by atoms with van der Waals surface area (Å²) in [6, 6.07) is 0. The third-order valence-electron chi connectivity index (χ3n) is 8.16. The van der Waals surface area contributed by atoms with Crippen LogP contribution in [0.4, 0.5) is 0 Å². The highest BCUT2D eigenvalue weighted by Crippen LogP contribution is 2.65. The average molecular weight is 326 g/mol. The number of carbonyl (C=O) groups excluding carboxylic acids is 1. The van der Waals surface area contributed by atoms with Crippen LogP contribution in [0.1, 0.15) is 46.5 Å². The minimum absolute atomic E-state index is 0.0232. The maximum Gasteiger partial charge on any atom is 0.178 e. The zero-order chi connectivity index (χ0) is 17.1. The minimum atomic E-state index is 0.0232. The van der Waals surface area contributed by atoms with E-state index in [0.29, 0.717) is 35.7 Å². The molecule has 130 valence electrons. The zero-order valence-corrected chi connectivity index (χ0v) is 15.2. The molecule has 2 fully saturated rings. The lowest BCUT2D eigenvalue weighted by Gasteiger charge is -2.55. The first kappa shape index (κ1) is 16.3. The average Bonchev–Trinajstić information content (AvgIpc) is 2.92. The first-order chi connectivity index (χ1) is 11.4. The fraction of sp³-hybridized carbons (Fsp3) is 0.682. The Kier molecular flexibility index (Phi) is 3.69. The van der Waals surface area contributed by atoms with Crippen LogP contribution in [0.15, 0.2) is 36.0 Å². The monoisotopic (exact) mass is 326 g/mol. The maximum atomic E-state index is 11.8. The normalized spacial score (nSPS) is 47.7. The van der Waals surface area contributed by atoms with E-state index in [4.69, 9.17) is 0 Å². The fourth-order valence-corrected chi connectivity index (χ4v) is 6.75. The van der Waals surface area contributed by atoms with Gasteiger partial charge in [-0.25, -0.2) is 0 Å². The molecule has 0 amide bonds. The summed E-state index contributed by atoms with van der Waals surface area (Å²) in [7, 11) is 0. The van der Waals surface area contributed by atoms with E-state index in [1.165, 1.54) is 31.3 Å². The fourth-order valence-electron chi connectivity index (χ4n) is 6.75. The summed E-state index contributed by atoms with van der Waals surface area (Å²) >= 11 is 0. The van der Waals surface area contributed by atoms with Gasteiger partial charge in [0.2, 0.25) is 0 Å². The number of ketones is 1. The summed E-state index contributed by atoms with van der Waals surface area (Å²) in [5.74, 6) is 3.12. The second-order valence-corrected chi connectivity index (χ2v) is 9.16. The van der Waals surface area contributed by atoms with Crippen molar-refractivity contribution in [3.8, 4) is 0 Å². The van der Waals surface area contributed by atoms with E-state index in [9.17, 15) is 9.90 Å². The maximum absolute atomic E-state index is 11.8. The summed E-state index contributed by atoms with van der Waals surface area (Å²) in [6.45, 7) is 7.35. The van der Waals surface area contributed by atoms with Crippen LogP contribution in [-0.4, -0.2) is 17.5 Å². The Labute approximate surface area is 145 Å². The number of aliphatic hydroxyl groups is 1. The molecular weight excluding hydrogens is 296 g/mol. The van der Waals surface area contributed by atoms with Gasteiger partial charge in [-0.05, 0) is 78.4 Å². The number of allylic oxidation sites excluding steroid dienone is 6. The Hall–Kier alpha value is -1.15. The number of rotatable bonds is 2. The van der Waals surface area contributed by atoms with Crippen molar-refractivity contribution < 1.29 is 9.90 Å². The zero-order valence-electron chi connectivity index (χ0n) is 15.2. The molecule has 0 spiro atoms. The van der Waals surface area contributed by atoms with E-state index in [2.05, 4.69) is 39.0 Å². The summed E-state index contributed by atoms with van der Waals surface area (Å²) in [4.78, 5) is 11.8. The van der Waals surface area contributed by atoms with Gasteiger partial charge >= 0.3 is 0 Å². The van der Waals surface area contributed by atoms with Crippen molar-refractivity contribution in [2.75, 3.05) is 6.61 Å². The predicted molar refractivity (Wildman–Crippen MR) is 96.3 cm³/mol. The molecule has 2 saturated carbocycles. The smallest absolute Gasteiger partial charge is 0.178 e. The molecule has 0 aromatic rings. The second kappa shape index (κ2) is 5.42. The topological polar surface area (TPSA) is 37.3 Å². The standard InChI is InChI=1S/C22H30O2/c1-14(13-23)18-6-7-19-17-5-4-15-12-16(24)8-10-21(15,2)20(17)9-11-22(18,19)3/h4-5,8,10,12,14,17-20,23H,6-7,9,11,13H2,1-3H3/t14-,17?,18?,19?,20?,21?,22?/m1/s1. The lowest BCUT2D eigenvalue weighted by atomic mass is 9.49. The first-order valence-corrected chi connectivity index (χ1v) is 9.64. The van der Waals surface area contributed by atoms with E-state index in [1.807, 2.05) is 6.08 Å². The van der Waals surface area contributed by atoms with Crippen molar-refractivity contribution in [1.29, 1.82) is 0 Å². The number of hydrogen-bond acceptors (Lipinski definition) is 2. The number of fused-ring (bicyclic) bond motifs is 5. The summed E-state index contributed by atoms with van der Waals surface area (Å²) < 4.78 is 0. The van der Waals surface area contributed by atoms with Gasteiger partial charge in [0.1, 0.15) is 0 Å². The lowest BCUT2D eigenvalue weighted by Crippen LogP contribution is -2.48. The van der Waals surface area contributed by atoms with E-state index < -0.39 is 0 Å². The Morgan fingerprint density at radius 1 is 1.21 bits per heavy atom. The van der Waals surface area contributed by atoms with Gasteiger partial charge in [-0.2, -0.15) is 0 Å². The molecule has 24 heavy (non-hydrogen) atoms. The van der Waals surface area contributed by atoms with Gasteiger partial charge in [-0.1, -0.05) is 39.0 Å². The molecular formula is C22H30O2. The highest BCUT2D eigenvalue weighted by molar-refractivity contribution is 6.01. The van der Waals surface area contributed by atoms with Crippen molar-refractivity contribution >= 4 is 5.78 Å². The molecule has 4 aliphatic carbocycles. The highest BCUT2D eigenvalue weighted by atomic mass is 16.3. The van der Waals surface area contributed by atoms with E-state index in [-0.39, 0.29) is 11.2 Å². The second-order valence-electron chi connectivity index (χ2n) is 9.16. The van der Waals surface area contributed by atoms with Crippen LogP contribution < -0.4 is 0 Å². The number of carbonyl (C=O) groups is 1. The molecule has 0 aliphatic heterocycles. The molecule has 4 rings (SSSR count). The van der Waals surface area contributed by atoms with Crippen LogP contribution in [-0.2, 0) is 4.79 Å². The van der Waals surface area contributed by atoms with Crippen LogP contribution in [0.2, 0.25) is 0 Å². The predicted octanol–water partition coefficient (Wildman–Crippen LogP) is 4.31. The molecule has 0 aromatic carbocycles. The quantitative estimate of drug-likeness (QED) is 0.821. The molecule has 2 nitrogen and oxygen atoms in total. The van der Waals surface area contributed by atoms with Gasteiger partial charge in [0.25, 0.3) is 0 Å². The lowest BCUT2D eigenvalue weighted by molar-refractivity contribution is -0.110. The molecule has 0 saturated heterocycles. The summed E-state index contributed by atoms with van der Waals surface area (Å²) in [5.41, 5.74) is 1.59. The third-order valence-corrected chi connectivity index (χ3v) is 8.16. The van der Waals surface area contributed by atoms with Crippen molar-refractivity contribution in [2.45, 2.75) is 46.5 Å². The number of hydrogen-bond donors (Lipinski definition) is 1. The molecule has 2 heteroatoms. The van der Waals surface area contributed by atoms with Gasteiger partial charge in [-0.15, -0.1) is 0 Å². The van der Waals surface area contributed by atoms with Crippen LogP contribution in [0.3, 0.4) is 0 Å². The van der Waals surface area contributed by atoms with Gasteiger partial charge < -0.3 is 5.11 Å². The molecule has 1 N–H and O–H groups in total. The van der Waals surface area contributed by atoms with Crippen LogP contribution in [0.5, 0.6) is 0 Å². The van der Waals surface area contributed by atoms with Crippen LogP contribution in [0, 0.1) is 40.4 Å². The van der Waals surface area contributed by atoms with Crippen molar-refractivity contribution in [1.82, 2.24) is 0 Å². The Morgan fingerprint density at radius 2 is 2.00 bits per heavy atom. The van der Waals surface area contributed by atoms with Gasteiger partial charge in [0.05, 0.1) is 0 Å². The van der Waals surface area contributed by atoms with E-state index in [0.717, 1.165) is 5.92 Å². The molecule has 0 radical (unpaired) electrons. The third kappa shape index (κ3) is 2.08. The van der Waals surface area contributed by atoms with Crippen molar-refractivity contribution in [2.24, 2.45) is 40.4 Å². The Morgan fingerprint density at radius 3 is 2.75 bits per heavy atom. The summed E-state index contributed by atoms with van der Waals surface area (Å²) in [5, 5.41) is 9.69. The van der Waals surface area contributed by atoms with Crippen LogP contribution in [0.25, 0.3) is 0 Å². The SMILES string of the molecule is C[C@H](CO)C1CCC2C3C=CC4=CC(=O)C=CC4(C)C3CCC21C. The molecule has 4 aliphatic rings. The molecule has 0 aromatic heterocycles. The van der Waals surface area contributed by atoms with Crippen LogP contribution >= 0.6 is 0 Å². The first-order valence-electron chi connectivity index (χ1n) is 9.64. The molecule has 7 atom stereocenters. The Balaban J connectivity index is 1.70. The molecule has 6 unspecified atom stereocenters. The summed E-state index contributed by atoms with van der Waals surface area (Å²) in [6.07, 6.45) is 15.5. The van der Waals surface area contributed by atoms with Gasteiger partial charge in [-0.3, -0.25) is 4.79 Å². The van der Waals surface area contributed by atoms with E-state index in [1.54, 1.807) is 6.08 Å². The van der Waals surface area contributed by atoms with Gasteiger partial charge in [0.15, 0.2) is 5.78 Å². The molecule has 0 heterocycles. The number of aliphatic hydroxyl groups excluding tert-OH is 1. The minimum Gasteiger partial charge on any atom is -0.396 e. The highest BCUT2D eigenvalue weighted by Gasteiger charge is 2.58. The van der Waals surface area contributed by atoms with Crippen molar-refractivity contribution in [3.63, 3.8) is 0 Å². The largest absolute Gasteiger partial charge is 0.396 e. The Bertz CT molecular complexity index is 642. The van der Waals surface area contributed by atoms with Crippen molar-refractivity contribution in [3.05, 3.63) is 36.0 Å².